The van der Waals surface area contributed by atoms with Crippen molar-refractivity contribution in [3.63, 3.8) is 0 Å². The van der Waals surface area contributed by atoms with Crippen LogP contribution in [0.4, 0.5) is 14.6 Å². The smallest absolute Gasteiger partial charge is 0.345 e. The molecular weight excluding hydrogens is 160 g/mol. The van der Waals surface area contributed by atoms with Crippen LogP contribution in [0.1, 0.15) is 5.69 Å². The third-order valence-electron chi connectivity index (χ3n) is 0.932. The second kappa shape index (κ2) is 3.24. The van der Waals surface area contributed by atoms with Crippen molar-refractivity contribution in [1.29, 1.82) is 0 Å². The fourth-order valence-corrected chi connectivity index (χ4v) is 0.455. The van der Waals surface area contributed by atoms with Crippen LogP contribution in [-0.4, -0.2) is 16.9 Å². The van der Waals surface area contributed by atoms with Gasteiger partial charge in [0.05, 0.1) is 0 Å². The number of anilines is 1. The summed E-state index contributed by atoms with van der Waals surface area (Å²) in [5.41, 5.74) is 5.21. The van der Waals surface area contributed by atoms with Crippen LogP contribution in [0.3, 0.4) is 0 Å². The molecule has 0 aliphatic rings. The highest BCUT2D eigenvalue weighted by molar-refractivity contribution is 5.29. The average molecular weight is 165 g/mol. The Hall–Kier alpha value is -1.24. The SMILES string of the molecule is Nc1nonc1COC(F)F. The van der Waals surface area contributed by atoms with Gasteiger partial charge in [-0.25, -0.2) is 4.63 Å². The molecule has 62 valence electrons. The van der Waals surface area contributed by atoms with Gasteiger partial charge in [-0.3, -0.25) is 0 Å². The first-order chi connectivity index (χ1) is 5.20. The lowest BCUT2D eigenvalue weighted by Crippen LogP contribution is -2.01. The zero-order chi connectivity index (χ0) is 8.27. The molecule has 0 atom stereocenters. The van der Waals surface area contributed by atoms with Gasteiger partial charge in [0.1, 0.15) is 6.61 Å². The second-order valence-corrected chi connectivity index (χ2v) is 1.67. The third-order valence-corrected chi connectivity index (χ3v) is 0.932. The van der Waals surface area contributed by atoms with E-state index in [1.807, 2.05) is 0 Å². The number of hydrogen-bond acceptors (Lipinski definition) is 5. The molecule has 1 aromatic heterocycles. The summed E-state index contributed by atoms with van der Waals surface area (Å²) in [7, 11) is 0. The summed E-state index contributed by atoms with van der Waals surface area (Å²) in [5.74, 6) is -0.0364. The number of hydrogen-bond donors (Lipinski definition) is 1. The van der Waals surface area contributed by atoms with E-state index in [2.05, 4.69) is 19.7 Å². The van der Waals surface area contributed by atoms with E-state index in [4.69, 9.17) is 5.73 Å². The van der Waals surface area contributed by atoms with Gasteiger partial charge in [0.2, 0.25) is 0 Å². The maximum Gasteiger partial charge on any atom is 0.345 e. The quantitative estimate of drug-likeness (QED) is 0.701. The topological polar surface area (TPSA) is 74.2 Å². The Balaban J connectivity index is 2.44. The van der Waals surface area contributed by atoms with Gasteiger partial charge in [0.25, 0.3) is 0 Å². The maximum absolute atomic E-state index is 11.4. The van der Waals surface area contributed by atoms with Gasteiger partial charge in [-0.1, -0.05) is 5.16 Å². The molecule has 0 spiro atoms. The van der Waals surface area contributed by atoms with Gasteiger partial charge in [-0.15, -0.1) is 0 Å². The molecule has 0 aliphatic heterocycles. The highest BCUT2D eigenvalue weighted by atomic mass is 19.3. The fourth-order valence-electron chi connectivity index (χ4n) is 0.455. The summed E-state index contributed by atoms with van der Waals surface area (Å²) >= 11 is 0. The average Bonchev–Trinajstić information content (AvgIpc) is 2.31. The van der Waals surface area contributed by atoms with E-state index < -0.39 is 13.2 Å². The number of halogens is 2. The van der Waals surface area contributed by atoms with Gasteiger partial charge in [-0.2, -0.15) is 8.78 Å². The molecule has 0 fully saturated rings. The van der Waals surface area contributed by atoms with E-state index in [0.717, 1.165) is 0 Å². The van der Waals surface area contributed by atoms with E-state index in [1.54, 1.807) is 0 Å². The predicted molar refractivity (Wildman–Crippen MR) is 29.5 cm³/mol. The molecule has 1 rings (SSSR count). The molecular formula is C4H5F2N3O2. The summed E-state index contributed by atoms with van der Waals surface area (Å²) in [4.78, 5) is 0. The van der Waals surface area contributed by atoms with Gasteiger partial charge >= 0.3 is 6.61 Å². The van der Waals surface area contributed by atoms with Gasteiger partial charge in [0, 0.05) is 0 Å². The zero-order valence-electron chi connectivity index (χ0n) is 5.33. The maximum atomic E-state index is 11.4. The largest absolute Gasteiger partial charge is 0.379 e. The van der Waals surface area contributed by atoms with Crippen LogP contribution < -0.4 is 5.73 Å². The monoisotopic (exact) mass is 165 g/mol. The van der Waals surface area contributed by atoms with Crippen LogP contribution in [0.2, 0.25) is 0 Å². The first-order valence-corrected chi connectivity index (χ1v) is 2.67. The molecule has 1 aromatic rings. The van der Waals surface area contributed by atoms with Crippen molar-refractivity contribution in [2.45, 2.75) is 13.2 Å². The summed E-state index contributed by atoms with van der Waals surface area (Å²) in [6.07, 6.45) is 0. The number of nitrogens with zero attached hydrogens (tertiary/aromatic N) is 2. The molecule has 0 bridgehead atoms. The molecule has 1 heterocycles. The van der Waals surface area contributed by atoms with Crippen molar-refractivity contribution in [3.05, 3.63) is 5.69 Å². The van der Waals surface area contributed by atoms with Crippen molar-refractivity contribution >= 4 is 5.82 Å². The highest BCUT2D eigenvalue weighted by Crippen LogP contribution is 2.07. The van der Waals surface area contributed by atoms with Crippen molar-refractivity contribution in [2.75, 3.05) is 5.73 Å². The summed E-state index contributed by atoms with van der Waals surface area (Å²) in [5, 5.41) is 6.38. The summed E-state index contributed by atoms with van der Waals surface area (Å²) in [6, 6.07) is 0. The van der Waals surface area contributed by atoms with Crippen LogP contribution in [0.5, 0.6) is 0 Å². The van der Waals surface area contributed by atoms with Gasteiger partial charge in [-0.05, 0) is 5.16 Å². The Bertz CT molecular complexity index is 227. The normalized spacial score (nSPS) is 10.8. The van der Waals surface area contributed by atoms with E-state index in [0.29, 0.717) is 0 Å². The molecule has 7 heteroatoms. The van der Waals surface area contributed by atoms with Gasteiger partial charge < -0.3 is 10.5 Å². The highest BCUT2D eigenvalue weighted by Gasteiger charge is 2.09. The van der Waals surface area contributed by atoms with E-state index in [-0.39, 0.29) is 11.5 Å². The lowest BCUT2D eigenvalue weighted by atomic mass is 10.5. The van der Waals surface area contributed by atoms with E-state index in [9.17, 15) is 8.78 Å². The lowest BCUT2D eigenvalue weighted by Gasteiger charge is -1.96. The molecule has 0 aliphatic carbocycles. The molecule has 0 amide bonds. The second-order valence-electron chi connectivity index (χ2n) is 1.67. The van der Waals surface area contributed by atoms with E-state index >= 15 is 0 Å². The Labute approximate surface area is 60.1 Å². The lowest BCUT2D eigenvalue weighted by molar-refractivity contribution is -0.138. The van der Waals surface area contributed by atoms with Crippen LogP contribution in [0.15, 0.2) is 4.63 Å². The molecule has 0 unspecified atom stereocenters. The Kier molecular flexibility index (Phi) is 2.32. The fraction of sp³-hybridized carbons (Fsp3) is 0.500. The number of ether oxygens (including phenoxy) is 1. The van der Waals surface area contributed by atoms with Crippen LogP contribution in [0.25, 0.3) is 0 Å². The summed E-state index contributed by atoms with van der Waals surface area (Å²) in [6.45, 7) is -3.24. The van der Waals surface area contributed by atoms with Crippen molar-refractivity contribution < 1.29 is 18.1 Å². The zero-order valence-corrected chi connectivity index (χ0v) is 5.33. The molecule has 11 heavy (non-hydrogen) atoms. The number of rotatable bonds is 3. The number of alkyl halides is 2. The Morgan fingerprint density at radius 1 is 1.55 bits per heavy atom. The molecule has 0 saturated carbocycles. The van der Waals surface area contributed by atoms with Gasteiger partial charge in [0.15, 0.2) is 11.5 Å². The van der Waals surface area contributed by atoms with Crippen LogP contribution >= 0.6 is 0 Å². The van der Waals surface area contributed by atoms with Crippen LogP contribution in [0, 0.1) is 0 Å². The Morgan fingerprint density at radius 3 is 2.73 bits per heavy atom. The minimum Gasteiger partial charge on any atom is -0.379 e. The van der Waals surface area contributed by atoms with Crippen molar-refractivity contribution in [3.8, 4) is 0 Å². The number of aromatic nitrogens is 2. The standard InChI is InChI=1S/C4H5F2N3O2/c5-4(6)10-1-2-3(7)9-11-8-2/h4H,1H2,(H2,7,9). The number of nitrogens with two attached hydrogens (primary N) is 1. The number of nitrogen functional groups attached to an aromatic ring is 1. The van der Waals surface area contributed by atoms with E-state index in [1.165, 1.54) is 0 Å². The van der Waals surface area contributed by atoms with Crippen molar-refractivity contribution in [2.24, 2.45) is 0 Å². The first-order valence-electron chi connectivity index (χ1n) is 2.67. The van der Waals surface area contributed by atoms with Crippen molar-refractivity contribution in [1.82, 2.24) is 10.3 Å². The molecule has 0 radical (unpaired) electrons. The molecule has 2 N–H and O–H groups in total. The molecule has 5 nitrogen and oxygen atoms in total. The molecule has 0 aromatic carbocycles. The van der Waals surface area contributed by atoms with Crippen LogP contribution in [-0.2, 0) is 11.3 Å². The first kappa shape index (κ1) is 7.86. The predicted octanol–water partition coefficient (Wildman–Crippen LogP) is 0.391. The summed E-state index contributed by atoms with van der Waals surface area (Å²) < 4.78 is 30.9. The minimum absolute atomic E-state index is 0.0364. The minimum atomic E-state index is -2.84. The molecule has 0 saturated heterocycles. The Morgan fingerprint density at radius 2 is 2.27 bits per heavy atom. The third kappa shape index (κ3) is 2.11.